The first-order valence-electron chi connectivity index (χ1n) is 7.83. The van der Waals surface area contributed by atoms with Crippen molar-refractivity contribution in [2.24, 2.45) is 0 Å². The van der Waals surface area contributed by atoms with Crippen molar-refractivity contribution in [3.63, 3.8) is 0 Å². The standard InChI is InChI=1S/C17H18F3N3O/c18-17(19,20)16-21-9-6-15(22-16)23-10-7-14(8-11-23)24-12-13-4-2-1-3-5-13/h1-6,9,14H,7-8,10-12H2. The second kappa shape index (κ2) is 7.17. The van der Waals surface area contributed by atoms with E-state index in [4.69, 9.17) is 4.74 Å². The van der Waals surface area contributed by atoms with E-state index < -0.39 is 12.0 Å². The van der Waals surface area contributed by atoms with Gasteiger partial charge in [0.05, 0.1) is 12.7 Å². The van der Waals surface area contributed by atoms with Gasteiger partial charge in [-0.2, -0.15) is 13.2 Å². The number of rotatable bonds is 4. The molecule has 0 bridgehead atoms. The van der Waals surface area contributed by atoms with Crippen LogP contribution in [0.4, 0.5) is 19.0 Å². The number of nitrogens with zero attached hydrogens (tertiary/aromatic N) is 3. The second-order valence-corrected chi connectivity index (χ2v) is 5.72. The normalized spacial score (nSPS) is 16.4. The van der Waals surface area contributed by atoms with E-state index in [9.17, 15) is 13.2 Å². The Kier molecular flexibility index (Phi) is 4.99. The fraction of sp³-hybridized carbons (Fsp3) is 0.412. The van der Waals surface area contributed by atoms with Gasteiger partial charge in [0.15, 0.2) is 0 Å². The van der Waals surface area contributed by atoms with Crippen molar-refractivity contribution in [1.82, 2.24) is 9.97 Å². The Morgan fingerprint density at radius 2 is 1.79 bits per heavy atom. The van der Waals surface area contributed by atoms with Gasteiger partial charge in [0.1, 0.15) is 5.82 Å². The van der Waals surface area contributed by atoms with Crippen molar-refractivity contribution >= 4 is 5.82 Å². The number of halogens is 3. The van der Waals surface area contributed by atoms with E-state index in [-0.39, 0.29) is 6.10 Å². The number of hydrogen-bond acceptors (Lipinski definition) is 4. The molecule has 1 fully saturated rings. The highest BCUT2D eigenvalue weighted by molar-refractivity contribution is 5.38. The predicted molar refractivity (Wildman–Crippen MR) is 83.5 cm³/mol. The first-order chi connectivity index (χ1) is 11.5. The molecule has 1 aromatic heterocycles. The Morgan fingerprint density at radius 1 is 1.08 bits per heavy atom. The Labute approximate surface area is 138 Å². The van der Waals surface area contributed by atoms with Crippen LogP contribution >= 0.6 is 0 Å². The van der Waals surface area contributed by atoms with Gasteiger partial charge in [-0.05, 0) is 24.5 Å². The largest absolute Gasteiger partial charge is 0.451 e. The summed E-state index contributed by atoms with van der Waals surface area (Å²) in [5, 5.41) is 0. The molecule has 2 heterocycles. The summed E-state index contributed by atoms with van der Waals surface area (Å²) in [6, 6.07) is 11.4. The van der Waals surface area contributed by atoms with Crippen LogP contribution in [-0.4, -0.2) is 29.2 Å². The Balaban J connectivity index is 1.53. The van der Waals surface area contributed by atoms with Gasteiger partial charge in [0.2, 0.25) is 5.82 Å². The Bertz CT molecular complexity index is 656. The maximum Gasteiger partial charge on any atom is 0.451 e. The minimum absolute atomic E-state index is 0.116. The van der Waals surface area contributed by atoms with Crippen molar-refractivity contribution in [3.05, 3.63) is 54.0 Å². The van der Waals surface area contributed by atoms with E-state index in [2.05, 4.69) is 9.97 Å². The second-order valence-electron chi connectivity index (χ2n) is 5.72. The van der Waals surface area contributed by atoms with E-state index in [1.807, 2.05) is 35.2 Å². The van der Waals surface area contributed by atoms with Crippen molar-refractivity contribution < 1.29 is 17.9 Å². The molecule has 0 radical (unpaired) electrons. The number of aromatic nitrogens is 2. The van der Waals surface area contributed by atoms with Gasteiger partial charge in [-0.3, -0.25) is 0 Å². The smallest absolute Gasteiger partial charge is 0.373 e. The molecule has 0 amide bonds. The molecule has 0 aliphatic carbocycles. The molecule has 0 unspecified atom stereocenters. The average molecular weight is 337 g/mol. The topological polar surface area (TPSA) is 38.2 Å². The van der Waals surface area contributed by atoms with Gasteiger partial charge in [0, 0.05) is 19.3 Å². The van der Waals surface area contributed by atoms with Crippen LogP contribution in [0.3, 0.4) is 0 Å². The molecule has 0 atom stereocenters. The fourth-order valence-electron chi connectivity index (χ4n) is 2.70. The summed E-state index contributed by atoms with van der Waals surface area (Å²) in [5.74, 6) is -0.777. The molecular formula is C17H18F3N3O. The third-order valence-electron chi connectivity index (χ3n) is 3.99. The predicted octanol–water partition coefficient (Wildman–Crippen LogP) is 3.68. The van der Waals surface area contributed by atoms with Crippen molar-refractivity contribution in [1.29, 1.82) is 0 Å². The lowest BCUT2D eigenvalue weighted by atomic mass is 10.1. The lowest BCUT2D eigenvalue weighted by Gasteiger charge is -2.32. The first-order valence-corrected chi connectivity index (χ1v) is 7.83. The fourth-order valence-corrected chi connectivity index (χ4v) is 2.70. The zero-order chi connectivity index (χ0) is 17.0. The highest BCUT2D eigenvalue weighted by Gasteiger charge is 2.35. The van der Waals surface area contributed by atoms with Crippen LogP contribution in [0.5, 0.6) is 0 Å². The van der Waals surface area contributed by atoms with E-state index >= 15 is 0 Å². The number of piperidine rings is 1. The quantitative estimate of drug-likeness (QED) is 0.853. The lowest BCUT2D eigenvalue weighted by molar-refractivity contribution is -0.144. The van der Waals surface area contributed by atoms with Gasteiger partial charge in [-0.15, -0.1) is 0 Å². The van der Waals surface area contributed by atoms with Crippen molar-refractivity contribution in [2.75, 3.05) is 18.0 Å². The minimum Gasteiger partial charge on any atom is -0.373 e. The number of anilines is 1. The molecule has 0 saturated carbocycles. The summed E-state index contributed by atoms with van der Waals surface area (Å²) in [5.41, 5.74) is 1.12. The number of ether oxygens (including phenoxy) is 1. The zero-order valence-corrected chi connectivity index (χ0v) is 13.0. The molecule has 128 valence electrons. The van der Waals surface area contributed by atoms with Gasteiger partial charge in [0.25, 0.3) is 0 Å². The molecule has 0 N–H and O–H groups in total. The maximum absolute atomic E-state index is 12.7. The minimum atomic E-state index is -4.52. The molecule has 0 spiro atoms. The molecule has 4 nitrogen and oxygen atoms in total. The lowest BCUT2D eigenvalue weighted by Crippen LogP contribution is -2.37. The molecule has 1 aliphatic rings. The Morgan fingerprint density at radius 3 is 2.46 bits per heavy atom. The van der Waals surface area contributed by atoms with E-state index in [0.717, 1.165) is 24.6 Å². The highest BCUT2D eigenvalue weighted by atomic mass is 19.4. The van der Waals surface area contributed by atoms with Gasteiger partial charge in [-0.25, -0.2) is 9.97 Å². The van der Waals surface area contributed by atoms with Crippen LogP contribution in [0.25, 0.3) is 0 Å². The summed E-state index contributed by atoms with van der Waals surface area (Å²) in [6.45, 7) is 1.79. The molecule has 3 rings (SSSR count). The number of alkyl halides is 3. The molecule has 1 saturated heterocycles. The van der Waals surface area contributed by atoms with Crippen LogP contribution in [0.1, 0.15) is 24.2 Å². The number of hydrogen-bond donors (Lipinski definition) is 0. The molecule has 1 aromatic carbocycles. The van der Waals surface area contributed by atoms with E-state index in [1.165, 1.54) is 6.07 Å². The maximum atomic E-state index is 12.7. The van der Waals surface area contributed by atoms with Gasteiger partial charge in [-0.1, -0.05) is 30.3 Å². The molecule has 24 heavy (non-hydrogen) atoms. The van der Waals surface area contributed by atoms with Crippen LogP contribution in [0, 0.1) is 0 Å². The summed E-state index contributed by atoms with van der Waals surface area (Å²) in [6.07, 6.45) is -1.72. The third kappa shape index (κ3) is 4.23. The highest BCUT2D eigenvalue weighted by Crippen LogP contribution is 2.28. The molecule has 7 heteroatoms. The SMILES string of the molecule is FC(F)(F)c1nccc(N2CCC(OCc3ccccc3)CC2)n1. The van der Waals surface area contributed by atoms with E-state index in [0.29, 0.717) is 25.5 Å². The summed E-state index contributed by atoms with van der Waals surface area (Å²) in [7, 11) is 0. The summed E-state index contributed by atoms with van der Waals surface area (Å²) >= 11 is 0. The van der Waals surface area contributed by atoms with E-state index in [1.54, 1.807) is 0 Å². The monoisotopic (exact) mass is 337 g/mol. The third-order valence-corrected chi connectivity index (χ3v) is 3.99. The summed E-state index contributed by atoms with van der Waals surface area (Å²) in [4.78, 5) is 8.78. The van der Waals surface area contributed by atoms with Crippen LogP contribution in [0.2, 0.25) is 0 Å². The molecule has 2 aromatic rings. The van der Waals surface area contributed by atoms with Gasteiger partial charge < -0.3 is 9.64 Å². The Hall–Kier alpha value is -2.15. The van der Waals surface area contributed by atoms with Gasteiger partial charge >= 0.3 is 6.18 Å². The summed E-state index contributed by atoms with van der Waals surface area (Å²) < 4.78 is 44.0. The zero-order valence-electron chi connectivity index (χ0n) is 13.0. The van der Waals surface area contributed by atoms with Crippen LogP contribution < -0.4 is 4.90 Å². The van der Waals surface area contributed by atoms with Crippen LogP contribution in [-0.2, 0) is 17.5 Å². The average Bonchev–Trinajstić information content (AvgIpc) is 2.61. The van der Waals surface area contributed by atoms with Crippen molar-refractivity contribution in [2.45, 2.75) is 31.7 Å². The van der Waals surface area contributed by atoms with Crippen molar-refractivity contribution in [3.8, 4) is 0 Å². The molecule has 1 aliphatic heterocycles. The van der Waals surface area contributed by atoms with Crippen LogP contribution in [0.15, 0.2) is 42.6 Å². The molecular weight excluding hydrogens is 319 g/mol. The number of benzene rings is 1. The first kappa shape index (κ1) is 16.7.